The van der Waals surface area contributed by atoms with Crippen LogP contribution in [0.5, 0.6) is 0 Å². The SMILES string of the molecule is C[C@@]1([C@H](O)c2ccc(S(C)(=O)=O)cc2)CO1. The summed E-state index contributed by atoms with van der Waals surface area (Å²) in [6.45, 7) is 2.35. The molecular formula is C11H14O4S. The normalized spacial score (nSPS) is 26.4. The van der Waals surface area contributed by atoms with Crippen LogP contribution in [0.25, 0.3) is 0 Å². The zero-order chi connectivity index (χ0) is 12.0. The average Bonchev–Trinajstić information content (AvgIpc) is 2.96. The third kappa shape index (κ3) is 2.11. The Morgan fingerprint density at radius 3 is 2.25 bits per heavy atom. The second-order valence-electron chi connectivity index (χ2n) is 4.35. The zero-order valence-corrected chi connectivity index (χ0v) is 9.99. The Kier molecular flexibility index (Phi) is 2.57. The summed E-state index contributed by atoms with van der Waals surface area (Å²) in [5.41, 5.74) is 0.166. The molecule has 1 N–H and O–H groups in total. The smallest absolute Gasteiger partial charge is 0.175 e. The Balaban J connectivity index is 2.26. The molecule has 1 aromatic carbocycles. The van der Waals surface area contributed by atoms with Gasteiger partial charge in [0, 0.05) is 6.26 Å². The molecule has 1 aromatic rings. The third-order valence-corrected chi connectivity index (χ3v) is 3.93. The molecule has 16 heavy (non-hydrogen) atoms. The highest BCUT2D eigenvalue weighted by Crippen LogP contribution is 2.39. The number of hydrogen-bond acceptors (Lipinski definition) is 4. The number of epoxide rings is 1. The van der Waals surface area contributed by atoms with E-state index in [4.69, 9.17) is 4.74 Å². The molecule has 0 unspecified atom stereocenters. The lowest BCUT2D eigenvalue weighted by Gasteiger charge is -2.15. The van der Waals surface area contributed by atoms with Crippen LogP contribution in [-0.4, -0.2) is 32.0 Å². The third-order valence-electron chi connectivity index (χ3n) is 2.80. The van der Waals surface area contributed by atoms with Crippen molar-refractivity contribution in [1.82, 2.24) is 0 Å². The van der Waals surface area contributed by atoms with Crippen LogP contribution >= 0.6 is 0 Å². The van der Waals surface area contributed by atoms with Crippen molar-refractivity contribution in [3.05, 3.63) is 29.8 Å². The van der Waals surface area contributed by atoms with Crippen LogP contribution in [0, 0.1) is 0 Å². The summed E-state index contributed by atoms with van der Waals surface area (Å²) in [4.78, 5) is 0.255. The quantitative estimate of drug-likeness (QED) is 0.800. The maximum Gasteiger partial charge on any atom is 0.175 e. The molecule has 0 spiro atoms. The number of aliphatic hydroxyl groups is 1. The number of ether oxygens (including phenoxy) is 1. The summed E-state index contributed by atoms with van der Waals surface area (Å²) in [6.07, 6.45) is 0.449. The number of sulfone groups is 1. The number of rotatable bonds is 3. The summed E-state index contributed by atoms with van der Waals surface area (Å²) in [5, 5.41) is 9.94. The van der Waals surface area contributed by atoms with Crippen molar-refractivity contribution >= 4 is 9.84 Å². The van der Waals surface area contributed by atoms with Crippen LogP contribution < -0.4 is 0 Å². The zero-order valence-electron chi connectivity index (χ0n) is 9.17. The van der Waals surface area contributed by atoms with Gasteiger partial charge in [-0.2, -0.15) is 0 Å². The van der Waals surface area contributed by atoms with E-state index in [9.17, 15) is 13.5 Å². The number of benzene rings is 1. The predicted molar refractivity (Wildman–Crippen MR) is 58.9 cm³/mol. The van der Waals surface area contributed by atoms with Gasteiger partial charge in [-0.05, 0) is 24.6 Å². The fourth-order valence-electron chi connectivity index (χ4n) is 1.52. The van der Waals surface area contributed by atoms with Gasteiger partial charge in [-0.1, -0.05) is 12.1 Å². The van der Waals surface area contributed by atoms with Gasteiger partial charge in [-0.25, -0.2) is 8.42 Å². The minimum absolute atomic E-state index is 0.255. The second kappa shape index (κ2) is 3.55. The van der Waals surface area contributed by atoms with E-state index in [0.717, 1.165) is 6.26 Å². The van der Waals surface area contributed by atoms with Gasteiger partial charge < -0.3 is 9.84 Å². The van der Waals surface area contributed by atoms with Crippen molar-refractivity contribution < 1.29 is 18.3 Å². The van der Waals surface area contributed by atoms with E-state index in [2.05, 4.69) is 0 Å². The van der Waals surface area contributed by atoms with E-state index in [1.165, 1.54) is 12.1 Å². The highest BCUT2D eigenvalue weighted by Gasteiger charge is 2.47. The van der Waals surface area contributed by atoms with Crippen LogP contribution in [0.3, 0.4) is 0 Å². The molecule has 4 nitrogen and oxygen atoms in total. The van der Waals surface area contributed by atoms with E-state index < -0.39 is 21.5 Å². The van der Waals surface area contributed by atoms with E-state index in [1.54, 1.807) is 12.1 Å². The Labute approximate surface area is 94.8 Å². The van der Waals surface area contributed by atoms with Gasteiger partial charge in [0.1, 0.15) is 11.7 Å². The van der Waals surface area contributed by atoms with Gasteiger partial charge in [-0.3, -0.25) is 0 Å². The van der Waals surface area contributed by atoms with Crippen molar-refractivity contribution in [2.75, 3.05) is 12.9 Å². The predicted octanol–water partition coefficient (Wildman–Crippen LogP) is 0.912. The fourth-order valence-corrected chi connectivity index (χ4v) is 2.15. The first kappa shape index (κ1) is 11.6. The molecule has 2 atom stereocenters. The van der Waals surface area contributed by atoms with Gasteiger partial charge >= 0.3 is 0 Å². The van der Waals surface area contributed by atoms with Crippen molar-refractivity contribution in [2.45, 2.75) is 23.5 Å². The molecule has 2 rings (SSSR count). The van der Waals surface area contributed by atoms with E-state index in [1.807, 2.05) is 6.92 Å². The molecule has 0 amide bonds. The molecule has 0 bridgehead atoms. The molecule has 5 heteroatoms. The lowest BCUT2D eigenvalue weighted by molar-refractivity contribution is 0.0849. The van der Waals surface area contributed by atoms with Crippen molar-refractivity contribution in [3.63, 3.8) is 0 Å². The van der Waals surface area contributed by atoms with Crippen LogP contribution in [0.4, 0.5) is 0 Å². The molecule has 1 heterocycles. The Morgan fingerprint density at radius 2 is 1.88 bits per heavy atom. The lowest BCUT2D eigenvalue weighted by Crippen LogP contribution is -2.17. The molecule has 1 aliphatic rings. The molecule has 1 aliphatic heterocycles. The minimum atomic E-state index is -3.18. The summed E-state index contributed by atoms with van der Waals surface area (Å²) in [7, 11) is -3.18. The van der Waals surface area contributed by atoms with Gasteiger partial charge in [-0.15, -0.1) is 0 Å². The Morgan fingerprint density at radius 1 is 1.38 bits per heavy atom. The first-order valence-corrected chi connectivity index (χ1v) is 6.84. The first-order valence-electron chi connectivity index (χ1n) is 4.95. The van der Waals surface area contributed by atoms with Gasteiger partial charge in [0.05, 0.1) is 11.5 Å². The topological polar surface area (TPSA) is 66.9 Å². The number of aliphatic hydroxyl groups excluding tert-OH is 1. The lowest BCUT2D eigenvalue weighted by atomic mass is 9.98. The van der Waals surface area contributed by atoms with E-state index in [-0.39, 0.29) is 4.90 Å². The molecule has 0 aliphatic carbocycles. The fraction of sp³-hybridized carbons (Fsp3) is 0.455. The maximum absolute atomic E-state index is 11.2. The molecule has 1 fully saturated rings. The van der Waals surface area contributed by atoms with Gasteiger partial charge in [0.15, 0.2) is 9.84 Å². The van der Waals surface area contributed by atoms with E-state index >= 15 is 0 Å². The Hall–Kier alpha value is -0.910. The van der Waals surface area contributed by atoms with Crippen LogP contribution in [-0.2, 0) is 14.6 Å². The van der Waals surface area contributed by atoms with Crippen molar-refractivity contribution in [3.8, 4) is 0 Å². The maximum atomic E-state index is 11.2. The molecule has 1 saturated heterocycles. The molecule has 88 valence electrons. The summed E-state index contributed by atoms with van der Waals surface area (Å²) in [6, 6.07) is 6.24. The highest BCUT2D eigenvalue weighted by molar-refractivity contribution is 7.90. The van der Waals surface area contributed by atoms with Crippen LogP contribution in [0.15, 0.2) is 29.2 Å². The molecule has 0 aromatic heterocycles. The summed E-state index contributed by atoms with van der Waals surface area (Å²) in [5.74, 6) is 0. The largest absolute Gasteiger partial charge is 0.385 e. The van der Waals surface area contributed by atoms with Crippen molar-refractivity contribution in [1.29, 1.82) is 0 Å². The van der Waals surface area contributed by atoms with Crippen molar-refractivity contribution in [2.24, 2.45) is 0 Å². The van der Waals surface area contributed by atoms with Gasteiger partial charge in [0.2, 0.25) is 0 Å². The Bertz CT molecular complexity index is 485. The molecule has 0 saturated carbocycles. The van der Waals surface area contributed by atoms with E-state index in [0.29, 0.717) is 12.2 Å². The highest BCUT2D eigenvalue weighted by atomic mass is 32.2. The molecule has 0 radical (unpaired) electrons. The second-order valence-corrected chi connectivity index (χ2v) is 6.36. The van der Waals surface area contributed by atoms with Crippen LogP contribution in [0.1, 0.15) is 18.6 Å². The summed E-state index contributed by atoms with van der Waals surface area (Å²) >= 11 is 0. The number of hydrogen-bond donors (Lipinski definition) is 1. The van der Waals surface area contributed by atoms with Gasteiger partial charge in [0.25, 0.3) is 0 Å². The van der Waals surface area contributed by atoms with Crippen LogP contribution in [0.2, 0.25) is 0 Å². The molecular weight excluding hydrogens is 228 g/mol. The standard InChI is InChI=1S/C11H14O4S/c1-11(7-15-11)10(12)8-3-5-9(6-4-8)16(2,13)14/h3-6,10,12H,7H2,1-2H3/t10-,11+/m1/s1. The monoisotopic (exact) mass is 242 g/mol. The summed E-state index contributed by atoms with van der Waals surface area (Å²) < 4.78 is 27.6. The first-order chi connectivity index (χ1) is 7.33. The minimum Gasteiger partial charge on any atom is -0.385 e. The average molecular weight is 242 g/mol.